The Morgan fingerprint density at radius 1 is 1.00 bits per heavy atom. The Bertz CT molecular complexity index is 916. The third kappa shape index (κ3) is 6.54. The van der Waals surface area contributed by atoms with Crippen LogP contribution in [0.4, 0.5) is 4.79 Å². The van der Waals surface area contributed by atoms with E-state index in [2.05, 4.69) is 10.2 Å². The molecule has 2 heterocycles. The molecule has 0 aromatic heterocycles. The fraction of sp³-hybridized carbons (Fsp3) is 0.583. The van der Waals surface area contributed by atoms with Crippen molar-refractivity contribution in [1.82, 2.24) is 20.0 Å². The number of fused-ring (bicyclic) bond motifs is 1. The lowest BCUT2D eigenvalue weighted by Crippen LogP contribution is -2.50. The highest BCUT2D eigenvalue weighted by Crippen LogP contribution is 2.23. The number of hydrogen-bond donors (Lipinski definition) is 1. The van der Waals surface area contributed by atoms with E-state index in [0.717, 1.165) is 36.5 Å². The third-order valence-corrected chi connectivity index (χ3v) is 5.69. The van der Waals surface area contributed by atoms with Gasteiger partial charge in [-0.15, -0.1) is 0 Å². The van der Waals surface area contributed by atoms with Gasteiger partial charge in [-0.25, -0.2) is 4.79 Å². The molecule has 1 fully saturated rings. The molecule has 2 aliphatic rings. The van der Waals surface area contributed by atoms with Gasteiger partial charge in [0.1, 0.15) is 5.60 Å². The van der Waals surface area contributed by atoms with E-state index >= 15 is 0 Å². The quantitative estimate of drug-likeness (QED) is 0.496. The van der Waals surface area contributed by atoms with Crippen LogP contribution in [0.5, 0.6) is 0 Å². The smallest absolute Gasteiger partial charge is 0.410 e. The summed E-state index contributed by atoms with van der Waals surface area (Å²) in [5.74, 6) is -0.858. The van der Waals surface area contributed by atoms with Crippen LogP contribution >= 0.6 is 0 Å². The standard InChI is InChI=1S/C24H34N4O5/c1-17-6-7-18-19(16-17)22(31)28(21(18)30)11-8-20(29)25-9-5-10-26-12-14-27(15-13-26)23(32)33-24(2,3)4/h6-7,16H,5,8-15H2,1-4H3,(H,25,29). The first kappa shape index (κ1) is 24.7. The minimum Gasteiger partial charge on any atom is -0.444 e. The molecule has 0 radical (unpaired) electrons. The number of nitrogens with one attached hydrogen (secondary N) is 1. The number of imide groups is 1. The molecule has 9 heteroatoms. The van der Waals surface area contributed by atoms with Crippen molar-refractivity contribution in [2.24, 2.45) is 0 Å². The van der Waals surface area contributed by atoms with Crippen LogP contribution in [0.3, 0.4) is 0 Å². The van der Waals surface area contributed by atoms with Crippen molar-refractivity contribution < 1.29 is 23.9 Å². The molecule has 0 unspecified atom stereocenters. The van der Waals surface area contributed by atoms with E-state index in [9.17, 15) is 19.2 Å². The van der Waals surface area contributed by atoms with Crippen molar-refractivity contribution in [2.45, 2.75) is 46.1 Å². The van der Waals surface area contributed by atoms with E-state index in [1.165, 1.54) is 0 Å². The number of hydrogen-bond acceptors (Lipinski definition) is 6. The summed E-state index contributed by atoms with van der Waals surface area (Å²) in [6.45, 7) is 11.6. The van der Waals surface area contributed by atoms with E-state index in [4.69, 9.17) is 4.74 Å². The van der Waals surface area contributed by atoms with Crippen molar-refractivity contribution in [3.8, 4) is 0 Å². The van der Waals surface area contributed by atoms with Gasteiger partial charge in [0.15, 0.2) is 0 Å². The van der Waals surface area contributed by atoms with Crippen molar-refractivity contribution in [1.29, 1.82) is 0 Å². The first-order chi connectivity index (χ1) is 15.5. The van der Waals surface area contributed by atoms with Gasteiger partial charge in [0, 0.05) is 45.7 Å². The van der Waals surface area contributed by atoms with Crippen molar-refractivity contribution in [2.75, 3.05) is 45.8 Å². The second-order valence-corrected chi connectivity index (χ2v) is 9.57. The summed E-state index contributed by atoms with van der Waals surface area (Å²) in [6.07, 6.45) is 0.589. The largest absolute Gasteiger partial charge is 0.444 e. The van der Waals surface area contributed by atoms with Crippen LogP contribution in [-0.2, 0) is 9.53 Å². The number of amides is 4. The van der Waals surface area contributed by atoms with Gasteiger partial charge in [0.25, 0.3) is 11.8 Å². The number of ether oxygens (including phenoxy) is 1. The molecule has 1 aromatic rings. The lowest BCUT2D eigenvalue weighted by Gasteiger charge is -2.35. The van der Waals surface area contributed by atoms with Crippen molar-refractivity contribution >= 4 is 23.8 Å². The minimum absolute atomic E-state index is 0.0733. The maximum Gasteiger partial charge on any atom is 0.410 e. The molecule has 180 valence electrons. The molecule has 4 amide bonds. The summed E-state index contributed by atoms with van der Waals surface area (Å²) >= 11 is 0. The molecule has 9 nitrogen and oxygen atoms in total. The number of benzene rings is 1. The molecular formula is C24H34N4O5. The Morgan fingerprint density at radius 3 is 2.33 bits per heavy atom. The van der Waals surface area contributed by atoms with Crippen molar-refractivity contribution in [3.05, 3.63) is 34.9 Å². The highest BCUT2D eigenvalue weighted by atomic mass is 16.6. The molecule has 0 bridgehead atoms. The normalized spacial score (nSPS) is 16.7. The predicted octanol–water partition coefficient (Wildman–Crippen LogP) is 2.04. The second-order valence-electron chi connectivity index (χ2n) is 9.57. The van der Waals surface area contributed by atoms with Gasteiger partial charge in [-0.2, -0.15) is 0 Å². The number of carbonyl (C=O) groups excluding carboxylic acids is 4. The summed E-state index contributed by atoms with van der Waals surface area (Å²) in [4.78, 5) is 54.4. The average Bonchev–Trinajstić information content (AvgIpc) is 2.98. The van der Waals surface area contributed by atoms with Crippen LogP contribution in [-0.4, -0.2) is 89.9 Å². The molecule has 0 spiro atoms. The number of carbonyl (C=O) groups is 4. The number of aryl methyl sites for hydroxylation is 1. The highest BCUT2D eigenvalue weighted by Gasteiger charge is 2.35. The second kappa shape index (κ2) is 10.3. The van der Waals surface area contributed by atoms with Gasteiger partial charge in [0.2, 0.25) is 5.91 Å². The van der Waals surface area contributed by atoms with E-state index in [1.807, 2.05) is 27.7 Å². The Labute approximate surface area is 195 Å². The zero-order valence-corrected chi connectivity index (χ0v) is 20.0. The average molecular weight is 459 g/mol. The Kier molecular flexibility index (Phi) is 7.73. The number of nitrogens with zero attached hydrogens (tertiary/aromatic N) is 3. The molecule has 33 heavy (non-hydrogen) atoms. The monoisotopic (exact) mass is 458 g/mol. The fourth-order valence-corrected chi connectivity index (χ4v) is 3.92. The van der Waals surface area contributed by atoms with Gasteiger partial charge in [-0.05, 0) is 52.8 Å². The van der Waals surface area contributed by atoms with Gasteiger partial charge < -0.3 is 15.0 Å². The highest BCUT2D eigenvalue weighted by molar-refractivity contribution is 6.21. The summed E-state index contributed by atoms with van der Waals surface area (Å²) in [6, 6.07) is 5.18. The summed E-state index contributed by atoms with van der Waals surface area (Å²) < 4.78 is 5.41. The van der Waals surface area contributed by atoms with Crippen LogP contribution < -0.4 is 5.32 Å². The Morgan fingerprint density at radius 2 is 1.67 bits per heavy atom. The van der Waals surface area contributed by atoms with Gasteiger partial charge in [-0.3, -0.25) is 24.2 Å². The van der Waals surface area contributed by atoms with Crippen LogP contribution in [0.2, 0.25) is 0 Å². The number of piperazine rings is 1. The van der Waals surface area contributed by atoms with E-state index < -0.39 is 5.60 Å². The van der Waals surface area contributed by atoms with Crippen LogP contribution in [0.25, 0.3) is 0 Å². The summed E-state index contributed by atoms with van der Waals surface area (Å²) in [5.41, 5.74) is 1.23. The van der Waals surface area contributed by atoms with Crippen LogP contribution in [0.1, 0.15) is 59.9 Å². The molecule has 2 aliphatic heterocycles. The maximum atomic E-state index is 12.5. The first-order valence-electron chi connectivity index (χ1n) is 11.5. The molecule has 3 rings (SSSR count). The summed E-state index contributed by atoms with van der Waals surface area (Å²) in [7, 11) is 0. The van der Waals surface area contributed by atoms with E-state index in [-0.39, 0.29) is 36.8 Å². The lowest BCUT2D eigenvalue weighted by molar-refractivity contribution is -0.121. The number of rotatable bonds is 7. The lowest BCUT2D eigenvalue weighted by atomic mass is 10.1. The molecule has 1 N–H and O–H groups in total. The molecule has 0 saturated carbocycles. The maximum absolute atomic E-state index is 12.5. The van der Waals surface area contributed by atoms with Gasteiger partial charge in [-0.1, -0.05) is 11.6 Å². The van der Waals surface area contributed by atoms with E-state index in [1.54, 1.807) is 23.1 Å². The minimum atomic E-state index is -0.495. The topological polar surface area (TPSA) is 99.3 Å². The van der Waals surface area contributed by atoms with Crippen molar-refractivity contribution in [3.63, 3.8) is 0 Å². The Balaban J connectivity index is 1.31. The zero-order chi connectivity index (χ0) is 24.2. The molecule has 0 aliphatic carbocycles. The summed E-state index contributed by atoms with van der Waals surface area (Å²) in [5, 5.41) is 2.86. The van der Waals surface area contributed by atoms with Gasteiger partial charge >= 0.3 is 6.09 Å². The molecular weight excluding hydrogens is 424 g/mol. The molecule has 0 atom stereocenters. The van der Waals surface area contributed by atoms with E-state index in [0.29, 0.717) is 30.8 Å². The predicted molar refractivity (Wildman–Crippen MR) is 123 cm³/mol. The Hall–Kier alpha value is -2.94. The third-order valence-electron chi connectivity index (χ3n) is 5.69. The van der Waals surface area contributed by atoms with Crippen LogP contribution in [0, 0.1) is 6.92 Å². The van der Waals surface area contributed by atoms with Gasteiger partial charge in [0.05, 0.1) is 11.1 Å². The zero-order valence-electron chi connectivity index (χ0n) is 20.0. The molecule has 1 saturated heterocycles. The first-order valence-corrected chi connectivity index (χ1v) is 11.5. The SMILES string of the molecule is Cc1ccc2c(c1)C(=O)N(CCC(=O)NCCCN1CCN(C(=O)OC(C)(C)C)CC1)C2=O. The molecule has 1 aromatic carbocycles. The fourth-order valence-electron chi connectivity index (χ4n) is 3.92. The van der Waals surface area contributed by atoms with Crippen LogP contribution in [0.15, 0.2) is 18.2 Å².